The lowest BCUT2D eigenvalue weighted by Gasteiger charge is -2.18. The highest BCUT2D eigenvalue weighted by Crippen LogP contribution is 2.08. The molecule has 152 valence electrons. The van der Waals surface area contributed by atoms with Crippen LogP contribution in [0.5, 0.6) is 0 Å². The standard InChI is InChI=1S/C22H35NO4/c1-3-5-7-8-9-13-17-26-21(24)20(18-19-14-11-10-12-15-19)23-22(25)27-16-6-4-2/h10-12,14-15,20H,3-9,13,16-18H2,1-2H3,(H,23,25)/t20-/m0/s1. The Labute approximate surface area is 163 Å². The number of ether oxygens (including phenoxy) is 2. The van der Waals surface area contributed by atoms with Crippen LogP contribution in [0.4, 0.5) is 4.79 Å². The molecule has 0 aliphatic rings. The average molecular weight is 378 g/mol. The molecule has 1 rings (SSSR count). The summed E-state index contributed by atoms with van der Waals surface area (Å²) < 4.78 is 10.5. The molecule has 0 saturated heterocycles. The fourth-order valence-corrected chi connectivity index (χ4v) is 2.69. The Kier molecular flexibility index (Phi) is 12.8. The molecule has 5 nitrogen and oxygen atoms in total. The molecule has 0 spiro atoms. The molecule has 1 atom stereocenters. The summed E-state index contributed by atoms with van der Waals surface area (Å²) in [6, 6.07) is 8.86. The van der Waals surface area contributed by atoms with Crippen molar-refractivity contribution in [2.45, 2.75) is 77.7 Å². The number of rotatable bonds is 14. The Morgan fingerprint density at radius 3 is 2.19 bits per heavy atom. The van der Waals surface area contributed by atoms with Crippen molar-refractivity contribution in [3.05, 3.63) is 35.9 Å². The quantitative estimate of drug-likeness (QED) is 0.365. The van der Waals surface area contributed by atoms with Crippen molar-refractivity contribution in [1.29, 1.82) is 0 Å². The van der Waals surface area contributed by atoms with Crippen LogP contribution in [0.3, 0.4) is 0 Å². The van der Waals surface area contributed by atoms with E-state index in [1.54, 1.807) is 0 Å². The molecule has 0 aromatic heterocycles. The van der Waals surface area contributed by atoms with E-state index in [0.717, 1.165) is 31.2 Å². The zero-order valence-corrected chi connectivity index (χ0v) is 16.9. The van der Waals surface area contributed by atoms with Crippen molar-refractivity contribution >= 4 is 12.1 Å². The minimum atomic E-state index is -0.735. The van der Waals surface area contributed by atoms with Gasteiger partial charge in [0.15, 0.2) is 0 Å². The highest BCUT2D eigenvalue weighted by molar-refractivity contribution is 5.81. The minimum Gasteiger partial charge on any atom is -0.464 e. The number of alkyl carbamates (subject to hydrolysis) is 1. The van der Waals surface area contributed by atoms with E-state index in [0.29, 0.717) is 19.6 Å². The van der Waals surface area contributed by atoms with Gasteiger partial charge in [-0.3, -0.25) is 0 Å². The summed E-state index contributed by atoms with van der Waals surface area (Å²) in [4.78, 5) is 24.4. The number of carbonyl (C=O) groups excluding carboxylic acids is 2. The van der Waals surface area contributed by atoms with Gasteiger partial charge in [-0.25, -0.2) is 9.59 Å². The van der Waals surface area contributed by atoms with Crippen LogP contribution >= 0.6 is 0 Å². The monoisotopic (exact) mass is 377 g/mol. The molecule has 27 heavy (non-hydrogen) atoms. The summed E-state index contributed by atoms with van der Waals surface area (Å²) in [5.74, 6) is -0.403. The topological polar surface area (TPSA) is 64.6 Å². The van der Waals surface area contributed by atoms with E-state index in [1.165, 1.54) is 25.7 Å². The number of esters is 1. The van der Waals surface area contributed by atoms with Crippen molar-refractivity contribution in [3.8, 4) is 0 Å². The molecule has 0 saturated carbocycles. The zero-order chi connectivity index (χ0) is 19.7. The number of nitrogens with one attached hydrogen (secondary N) is 1. The van der Waals surface area contributed by atoms with E-state index < -0.39 is 18.1 Å². The Morgan fingerprint density at radius 2 is 1.48 bits per heavy atom. The number of unbranched alkanes of at least 4 members (excludes halogenated alkanes) is 6. The summed E-state index contributed by atoms with van der Waals surface area (Å²) in [7, 11) is 0. The van der Waals surface area contributed by atoms with E-state index >= 15 is 0 Å². The Balaban J connectivity index is 2.46. The third-order valence-corrected chi connectivity index (χ3v) is 4.33. The van der Waals surface area contributed by atoms with Crippen LogP contribution in [0.15, 0.2) is 30.3 Å². The van der Waals surface area contributed by atoms with Crippen LogP contribution in [-0.2, 0) is 20.7 Å². The molecule has 0 heterocycles. The van der Waals surface area contributed by atoms with Crippen molar-refractivity contribution < 1.29 is 19.1 Å². The van der Waals surface area contributed by atoms with Crippen molar-refractivity contribution in [1.82, 2.24) is 5.32 Å². The largest absolute Gasteiger partial charge is 0.464 e. The summed E-state index contributed by atoms with van der Waals surface area (Å²) in [6.07, 6.45) is 8.35. The summed E-state index contributed by atoms with van der Waals surface area (Å²) >= 11 is 0. The predicted octanol–water partition coefficient (Wildman–Crippen LogP) is 5.03. The molecular weight excluding hydrogens is 342 g/mol. The Bertz CT molecular complexity index is 518. The van der Waals surface area contributed by atoms with Crippen LogP contribution in [0.2, 0.25) is 0 Å². The molecule has 0 radical (unpaired) electrons. The number of benzene rings is 1. The Morgan fingerprint density at radius 1 is 0.852 bits per heavy atom. The van der Waals surface area contributed by atoms with Gasteiger partial charge in [0, 0.05) is 6.42 Å². The van der Waals surface area contributed by atoms with Crippen molar-refractivity contribution in [2.75, 3.05) is 13.2 Å². The first-order valence-corrected chi connectivity index (χ1v) is 10.3. The van der Waals surface area contributed by atoms with E-state index in [1.807, 2.05) is 37.3 Å². The second-order valence-corrected chi connectivity index (χ2v) is 6.81. The summed E-state index contributed by atoms with van der Waals surface area (Å²) in [5, 5.41) is 2.66. The first-order valence-electron chi connectivity index (χ1n) is 10.3. The van der Waals surface area contributed by atoms with Gasteiger partial charge in [-0.15, -0.1) is 0 Å². The molecule has 0 bridgehead atoms. The van der Waals surface area contributed by atoms with Gasteiger partial charge in [0.25, 0.3) is 0 Å². The number of hydrogen-bond acceptors (Lipinski definition) is 4. The maximum Gasteiger partial charge on any atom is 0.407 e. The molecule has 1 N–H and O–H groups in total. The third-order valence-electron chi connectivity index (χ3n) is 4.33. The lowest BCUT2D eigenvalue weighted by Crippen LogP contribution is -2.43. The molecule has 0 fully saturated rings. The molecule has 1 aromatic carbocycles. The first kappa shape index (κ1) is 23.0. The van der Waals surface area contributed by atoms with Crippen LogP contribution in [0, 0.1) is 0 Å². The van der Waals surface area contributed by atoms with E-state index in [-0.39, 0.29) is 0 Å². The van der Waals surface area contributed by atoms with Gasteiger partial charge in [0.2, 0.25) is 0 Å². The van der Waals surface area contributed by atoms with E-state index in [2.05, 4.69) is 12.2 Å². The maximum absolute atomic E-state index is 12.5. The second kappa shape index (κ2) is 15.1. The normalized spacial score (nSPS) is 11.6. The number of amides is 1. The Hall–Kier alpha value is -2.04. The van der Waals surface area contributed by atoms with Gasteiger partial charge in [-0.05, 0) is 18.4 Å². The van der Waals surface area contributed by atoms with Gasteiger partial charge in [0.05, 0.1) is 13.2 Å². The highest BCUT2D eigenvalue weighted by atomic mass is 16.6. The van der Waals surface area contributed by atoms with Crippen molar-refractivity contribution in [2.24, 2.45) is 0 Å². The van der Waals surface area contributed by atoms with Gasteiger partial charge in [-0.1, -0.05) is 82.7 Å². The molecule has 0 unspecified atom stereocenters. The van der Waals surface area contributed by atoms with Crippen molar-refractivity contribution in [3.63, 3.8) is 0 Å². The highest BCUT2D eigenvalue weighted by Gasteiger charge is 2.23. The van der Waals surface area contributed by atoms with Crippen LogP contribution < -0.4 is 5.32 Å². The predicted molar refractivity (Wildman–Crippen MR) is 108 cm³/mol. The maximum atomic E-state index is 12.5. The SMILES string of the molecule is CCCCCCCCOC(=O)[C@H](Cc1ccccc1)NC(=O)OCCCC. The van der Waals surface area contributed by atoms with E-state index in [9.17, 15) is 9.59 Å². The smallest absolute Gasteiger partial charge is 0.407 e. The number of hydrogen-bond donors (Lipinski definition) is 1. The molecule has 1 aromatic rings. The molecule has 0 aliphatic carbocycles. The third kappa shape index (κ3) is 11.3. The lowest BCUT2D eigenvalue weighted by atomic mass is 10.1. The summed E-state index contributed by atoms with van der Waals surface area (Å²) in [6.45, 7) is 4.96. The van der Waals surface area contributed by atoms with Gasteiger partial charge < -0.3 is 14.8 Å². The van der Waals surface area contributed by atoms with E-state index in [4.69, 9.17) is 9.47 Å². The van der Waals surface area contributed by atoms with Gasteiger partial charge in [-0.2, -0.15) is 0 Å². The molecule has 0 aliphatic heterocycles. The lowest BCUT2D eigenvalue weighted by molar-refractivity contribution is -0.146. The minimum absolute atomic E-state index is 0.354. The fourth-order valence-electron chi connectivity index (χ4n) is 2.69. The average Bonchev–Trinajstić information content (AvgIpc) is 2.67. The fraction of sp³-hybridized carbons (Fsp3) is 0.636. The number of carbonyl (C=O) groups is 2. The molecule has 5 heteroatoms. The van der Waals surface area contributed by atoms with Gasteiger partial charge >= 0.3 is 12.1 Å². The van der Waals surface area contributed by atoms with Crippen LogP contribution in [0.1, 0.15) is 70.8 Å². The zero-order valence-electron chi connectivity index (χ0n) is 16.9. The molecule has 1 amide bonds. The second-order valence-electron chi connectivity index (χ2n) is 6.81. The summed E-state index contributed by atoms with van der Waals surface area (Å²) in [5.41, 5.74) is 0.966. The van der Waals surface area contributed by atoms with Crippen LogP contribution in [-0.4, -0.2) is 31.3 Å². The first-order chi connectivity index (χ1) is 13.2. The molecular formula is C22H35NO4. The van der Waals surface area contributed by atoms with Gasteiger partial charge in [0.1, 0.15) is 6.04 Å². The van der Waals surface area contributed by atoms with Crippen LogP contribution in [0.25, 0.3) is 0 Å².